The molecule has 0 unspecified atom stereocenters. The number of nitrogens with zero attached hydrogens (tertiary/aromatic N) is 2. The molecule has 1 N–H and O–H groups in total. The minimum atomic E-state index is -0.261. The number of nitrogens with one attached hydrogen (secondary N) is 1. The van der Waals surface area contributed by atoms with Crippen LogP contribution in [-0.4, -0.2) is 53.3 Å². The predicted octanol–water partition coefficient (Wildman–Crippen LogP) is 3.47. The highest BCUT2D eigenvalue weighted by atomic mass is 16.2. The first-order chi connectivity index (χ1) is 14.8. The predicted molar refractivity (Wildman–Crippen MR) is 122 cm³/mol. The van der Waals surface area contributed by atoms with E-state index in [1.807, 2.05) is 37.8 Å². The average molecular weight is 420 g/mol. The lowest BCUT2D eigenvalue weighted by Gasteiger charge is -2.40. The van der Waals surface area contributed by atoms with Crippen molar-refractivity contribution in [3.05, 3.63) is 71.8 Å². The van der Waals surface area contributed by atoms with E-state index in [0.717, 1.165) is 13.1 Å². The van der Waals surface area contributed by atoms with Gasteiger partial charge in [-0.1, -0.05) is 60.7 Å². The van der Waals surface area contributed by atoms with Crippen LogP contribution in [0, 0.1) is 11.8 Å². The van der Waals surface area contributed by atoms with Gasteiger partial charge in [-0.3, -0.25) is 14.5 Å². The Hall–Kier alpha value is -2.66. The van der Waals surface area contributed by atoms with E-state index in [0.29, 0.717) is 19.5 Å². The summed E-state index contributed by atoms with van der Waals surface area (Å²) < 4.78 is 0. The number of hydrogen-bond donors (Lipinski definition) is 1. The number of carbonyl (C=O) groups excluding carboxylic acids is 2. The molecular formula is C26H33N3O2. The topological polar surface area (TPSA) is 52.7 Å². The first kappa shape index (κ1) is 21.6. The maximum atomic E-state index is 13.0. The second kappa shape index (κ2) is 8.83. The van der Waals surface area contributed by atoms with Crippen molar-refractivity contribution in [2.24, 2.45) is 11.8 Å². The molecule has 1 saturated heterocycles. The molecule has 164 valence electrons. The molecule has 0 spiro atoms. The van der Waals surface area contributed by atoms with Crippen molar-refractivity contribution in [3.63, 3.8) is 0 Å². The van der Waals surface area contributed by atoms with Crippen molar-refractivity contribution >= 4 is 11.8 Å². The molecule has 1 saturated carbocycles. The fourth-order valence-corrected chi connectivity index (χ4v) is 4.54. The second-order valence-corrected chi connectivity index (χ2v) is 9.77. The Balaban J connectivity index is 1.38. The average Bonchev–Trinajstić information content (AvgIpc) is 3.56. The molecule has 2 amide bonds. The molecule has 0 radical (unpaired) electrons. The van der Waals surface area contributed by atoms with Gasteiger partial charge in [0.15, 0.2) is 0 Å². The van der Waals surface area contributed by atoms with Crippen molar-refractivity contribution in [3.8, 4) is 0 Å². The van der Waals surface area contributed by atoms with E-state index in [4.69, 9.17) is 0 Å². The molecular weight excluding hydrogens is 386 g/mol. The van der Waals surface area contributed by atoms with Gasteiger partial charge in [-0.25, -0.2) is 0 Å². The van der Waals surface area contributed by atoms with E-state index in [2.05, 4.69) is 58.7 Å². The van der Waals surface area contributed by atoms with Crippen molar-refractivity contribution < 1.29 is 9.59 Å². The van der Waals surface area contributed by atoms with Gasteiger partial charge in [0.1, 0.15) is 0 Å². The van der Waals surface area contributed by atoms with Crippen molar-refractivity contribution in [2.75, 3.05) is 26.2 Å². The third kappa shape index (κ3) is 5.16. The number of benzene rings is 2. The zero-order valence-electron chi connectivity index (χ0n) is 18.8. The Morgan fingerprint density at radius 1 is 0.839 bits per heavy atom. The fraction of sp³-hybridized carbons (Fsp3) is 0.462. The Morgan fingerprint density at radius 3 is 1.84 bits per heavy atom. The molecule has 2 aromatic rings. The van der Waals surface area contributed by atoms with Gasteiger partial charge >= 0.3 is 0 Å². The van der Waals surface area contributed by atoms with E-state index in [1.165, 1.54) is 11.1 Å². The first-order valence-electron chi connectivity index (χ1n) is 11.3. The number of piperazine rings is 1. The molecule has 0 aromatic heterocycles. The quantitative estimate of drug-likeness (QED) is 0.807. The smallest absolute Gasteiger partial charge is 0.226 e. The number of amides is 2. The summed E-state index contributed by atoms with van der Waals surface area (Å²) in [5, 5.41) is 3.01. The highest BCUT2D eigenvalue weighted by Gasteiger charge is 2.50. The molecule has 31 heavy (non-hydrogen) atoms. The summed E-state index contributed by atoms with van der Waals surface area (Å²) in [5.41, 5.74) is 2.28. The van der Waals surface area contributed by atoms with Crippen LogP contribution in [0.4, 0.5) is 0 Å². The van der Waals surface area contributed by atoms with E-state index < -0.39 is 0 Å². The maximum absolute atomic E-state index is 13.0. The minimum absolute atomic E-state index is 0.0118. The van der Waals surface area contributed by atoms with Gasteiger partial charge in [-0.05, 0) is 38.3 Å². The lowest BCUT2D eigenvalue weighted by atomic mass is 9.96. The van der Waals surface area contributed by atoms with Crippen LogP contribution in [-0.2, 0) is 9.59 Å². The highest BCUT2D eigenvalue weighted by Crippen LogP contribution is 2.41. The van der Waals surface area contributed by atoms with Crippen LogP contribution in [0.3, 0.4) is 0 Å². The Labute approximate surface area is 185 Å². The number of carbonyl (C=O) groups is 2. The molecule has 5 heteroatoms. The third-order valence-corrected chi connectivity index (χ3v) is 6.16. The van der Waals surface area contributed by atoms with Crippen LogP contribution in [0.1, 0.15) is 44.4 Å². The van der Waals surface area contributed by atoms with E-state index >= 15 is 0 Å². The summed E-state index contributed by atoms with van der Waals surface area (Å²) in [5.74, 6) is -0.151. The van der Waals surface area contributed by atoms with E-state index in [9.17, 15) is 9.59 Å². The second-order valence-electron chi connectivity index (χ2n) is 9.77. The Bertz CT molecular complexity index is 860. The largest absolute Gasteiger partial charge is 0.351 e. The van der Waals surface area contributed by atoms with Crippen LogP contribution in [0.15, 0.2) is 60.7 Å². The summed E-state index contributed by atoms with van der Waals surface area (Å²) in [6.45, 7) is 8.98. The number of rotatable bonds is 5. The van der Waals surface area contributed by atoms with Gasteiger partial charge in [-0.15, -0.1) is 0 Å². The summed E-state index contributed by atoms with van der Waals surface area (Å²) >= 11 is 0. The molecule has 1 aliphatic carbocycles. The van der Waals surface area contributed by atoms with E-state index in [-0.39, 0.29) is 35.2 Å². The van der Waals surface area contributed by atoms with Crippen molar-refractivity contribution in [1.29, 1.82) is 0 Å². The lowest BCUT2D eigenvalue weighted by Crippen LogP contribution is -2.50. The molecule has 0 bridgehead atoms. The zero-order valence-corrected chi connectivity index (χ0v) is 18.8. The van der Waals surface area contributed by atoms with Crippen LogP contribution in [0.2, 0.25) is 0 Å². The monoisotopic (exact) mass is 419 g/mol. The molecule has 4 rings (SSSR count). The molecule has 2 aromatic carbocycles. The zero-order chi connectivity index (χ0) is 22.0. The Morgan fingerprint density at radius 2 is 1.35 bits per heavy atom. The fourth-order valence-electron chi connectivity index (χ4n) is 4.54. The van der Waals surface area contributed by atoms with Crippen LogP contribution in [0.5, 0.6) is 0 Å². The van der Waals surface area contributed by atoms with Crippen LogP contribution in [0.25, 0.3) is 0 Å². The first-order valence-corrected chi connectivity index (χ1v) is 11.3. The number of hydrogen-bond acceptors (Lipinski definition) is 3. The highest BCUT2D eigenvalue weighted by molar-refractivity contribution is 5.92. The molecule has 2 atom stereocenters. The molecule has 2 fully saturated rings. The normalized spacial score (nSPS) is 21.7. The van der Waals surface area contributed by atoms with Crippen LogP contribution >= 0.6 is 0 Å². The lowest BCUT2D eigenvalue weighted by molar-refractivity contribution is -0.136. The molecule has 2 aliphatic rings. The molecule has 5 nitrogen and oxygen atoms in total. The standard InChI is InChI=1S/C26H33N3O2/c1-26(2,3)27-24(30)21-18-22(21)25(31)29-16-14-28(15-17-29)23(19-10-6-4-7-11-19)20-12-8-5-9-13-20/h4-13,21-23H,14-18H2,1-3H3,(H,27,30)/t21-,22-/m1/s1. The Kier molecular flexibility index (Phi) is 6.15. The van der Waals surface area contributed by atoms with E-state index in [1.54, 1.807) is 0 Å². The SMILES string of the molecule is CC(C)(C)NC(=O)[C@@H]1C[C@H]1C(=O)N1CCN(C(c2ccccc2)c2ccccc2)CC1. The summed E-state index contributed by atoms with van der Waals surface area (Å²) in [4.78, 5) is 29.8. The van der Waals surface area contributed by atoms with Crippen molar-refractivity contribution in [2.45, 2.75) is 38.8 Å². The van der Waals surface area contributed by atoms with Gasteiger partial charge in [0.05, 0.1) is 17.9 Å². The van der Waals surface area contributed by atoms with Gasteiger partial charge < -0.3 is 10.2 Å². The summed E-state index contributed by atoms with van der Waals surface area (Å²) in [6.07, 6.45) is 0.678. The van der Waals surface area contributed by atoms with Gasteiger partial charge in [0, 0.05) is 31.7 Å². The van der Waals surface area contributed by atoms with Crippen molar-refractivity contribution in [1.82, 2.24) is 15.1 Å². The maximum Gasteiger partial charge on any atom is 0.226 e. The van der Waals surface area contributed by atoms with Crippen LogP contribution < -0.4 is 5.32 Å². The van der Waals surface area contributed by atoms with Gasteiger partial charge in [0.25, 0.3) is 0 Å². The molecule has 1 heterocycles. The summed E-state index contributed by atoms with van der Waals surface area (Å²) in [6, 6.07) is 21.3. The van der Waals surface area contributed by atoms with Gasteiger partial charge in [-0.2, -0.15) is 0 Å². The van der Waals surface area contributed by atoms with Gasteiger partial charge in [0.2, 0.25) is 11.8 Å². The minimum Gasteiger partial charge on any atom is -0.351 e. The third-order valence-electron chi connectivity index (χ3n) is 6.16. The molecule has 1 aliphatic heterocycles. The summed E-state index contributed by atoms with van der Waals surface area (Å²) in [7, 11) is 0.